The van der Waals surface area contributed by atoms with E-state index in [4.69, 9.17) is 0 Å². The van der Waals surface area contributed by atoms with Gasteiger partial charge in [-0.2, -0.15) is 0 Å². The van der Waals surface area contributed by atoms with Gasteiger partial charge in [0, 0.05) is 17.1 Å². The largest absolute Gasteiger partial charge is 0.310 e. The van der Waals surface area contributed by atoms with E-state index in [1.807, 2.05) is 0 Å². The average molecular weight is 746 g/mol. The molecule has 13 rings (SSSR count). The predicted molar refractivity (Wildman–Crippen MR) is 255 cm³/mol. The summed E-state index contributed by atoms with van der Waals surface area (Å²) in [5, 5.41) is 22.9. The van der Waals surface area contributed by atoms with Crippen LogP contribution in [-0.4, -0.2) is 0 Å². The van der Waals surface area contributed by atoms with Gasteiger partial charge in [-0.25, -0.2) is 0 Å². The lowest BCUT2D eigenvalue weighted by atomic mass is 9.87. The first-order chi connectivity index (χ1) is 29.2. The molecule has 0 saturated carbocycles. The minimum absolute atomic E-state index is 1.11. The molecule has 0 amide bonds. The molecule has 0 atom stereocenters. The summed E-state index contributed by atoms with van der Waals surface area (Å²) >= 11 is 0. The van der Waals surface area contributed by atoms with Crippen molar-refractivity contribution in [1.82, 2.24) is 0 Å². The molecule has 0 aromatic heterocycles. The van der Waals surface area contributed by atoms with E-state index < -0.39 is 0 Å². The Hall–Kier alpha value is -7.74. The highest BCUT2D eigenvalue weighted by Crippen LogP contribution is 2.47. The number of nitrogens with zero attached hydrogens (tertiary/aromatic N) is 1. The molecule has 0 heterocycles. The molecule has 0 bridgehead atoms. The molecule has 0 fully saturated rings. The van der Waals surface area contributed by atoms with Crippen molar-refractivity contribution in [3.05, 3.63) is 212 Å². The topological polar surface area (TPSA) is 3.24 Å². The SMILES string of the molecule is c1ccc2cc(N(c3ccc(-c4cc5ccccc5c5ccccc45)cc3)c3cc4ccc5cccc6c7cccc8ccc9cccc(c(c3)c4c56)c9c87)ccc2c1. The van der Waals surface area contributed by atoms with Crippen LogP contribution in [0.4, 0.5) is 17.1 Å². The molecule has 0 radical (unpaired) electrons. The van der Waals surface area contributed by atoms with Gasteiger partial charge in [0.1, 0.15) is 0 Å². The van der Waals surface area contributed by atoms with Crippen molar-refractivity contribution in [2.45, 2.75) is 0 Å². The van der Waals surface area contributed by atoms with Crippen molar-refractivity contribution in [2.24, 2.45) is 0 Å². The molecule has 13 aromatic carbocycles. The molecule has 272 valence electrons. The van der Waals surface area contributed by atoms with Crippen LogP contribution in [0, 0.1) is 0 Å². The lowest BCUT2D eigenvalue weighted by molar-refractivity contribution is 1.30. The molecule has 0 aliphatic rings. The van der Waals surface area contributed by atoms with Gasteiger partial charge >= 0.3 is 0 Å². The average Bonchev–Trinajstić information content (AvgIpc) is 3.30. The quantitative estimate of drug-likeness (QED) is 0.162. The zero-order chi connectivity index (χ0) is 38.6. The summed E-state index contributed by atoms with van der Waals surface area (Å²) in [5.74, 6) is 0. The maximum Gasteiger partial charge on any atom is 0.0474 e. The second kappa shape index (κ2) is 12.4. The van der Waals surface area contributed by atoms with Crippen molar-refractivity contribution >= 4 is 114 Å². The van der Waals surface area contributed by atoms with Gasteiger partial charge in [-0.3, -0.25) is 0 Å². The van der Waals surface area contributed by atoms with Crippen molar-refractivity contribution in [1.29, 1.82) is 0 Å². The molecule has 0 aliphatic heterocycles. The Bertz CT molecular complexity index is 3830. The zero-order valence-corrected chi connectivity index (χ0v) is 32.2. The van der Waals surface area contributed by atoms with Gasteiger partial charge in [0.25, 0.3) is 0 Å². The Balaban J connectivity index is 1.11. The van der Waals surface area contributed by atoms with Crippen molar-refractivity contribution in [3.63, 3.8) is 0 Å². The molecule has 13 aromatic rings. The van der Waals surface area contributed by atoms with E-state index in [2.05, 4.69) is 217 Å². The second-order valence-electron chi connectivity index (χ2n) is 16.0. The van der Waals surface area contributed by atoms with Crippen molar-refractivity contribution in [3.8, 4) is 11.1 Å². The predicted octanol–water partition coefficient (Wildman–Crippen LogP) is 16.6. The van der Waals surface area contributed by atoms with Crippen LogP contribution in [0.15, 0.2) is 212 Å². The third-order valence-electron chi connectivity index (χ3n) is 12.9. The van der Waals surface area contributed by atoms with Gasteiger partial charge in [-0.15, -0.1) is 0 Å². The van der Waals surface area contributed by atoms with Crippen LogP contribution < -0.4 is 4.90 Å². The summed E-state index contributed by atoms with van der Waals surface area (Å²) in [5.41, 5.74) is 5.81. The number of anilines is 3. The maximum absolute atomic E-state index is 2.46. The van der Waals surface area contributed by atoms with Crippen LogP contribution in [0.25, 0.3) is 108 Å². The zero-order valence-electron chi connectivity index (χ0n) is 32.2. The molecule has 1 nitrogen and oxygen atoms in total. The molecule has 0 unspecified atom stereocenters. The lowest BCUT2D eigenvalue weighted by Crippen LogP contribution is -2.10. The normalized spacial score (nSPS) is 12.1. The first kappa shape index (κ1) is 32.4. The fourth-order valence-electron chi connectivity index (χ4n) is 10.2. The van der Waals surface area contributed by atoms with Gasteiger partial charge in [0.05, 0.1) is 0 Å². The van der Waals surface area contributed by atoms with Gasteiger partial charge in [-0.05, 0) is 151 Å². The molecular formula is C58H35N. The number of hydrogen-bond acceptors (Lipinski definition) is 1. The Labute approximate surface area is 340 Å². The van der Waals surface area contributed by atoms with E-state index >= 15 is 0 Å². The van der Waals surface area contributed by atoms with Crippen molar-refractivity contribution < 1.29 is 0 Å². The van der Waals surface area contributed by atoms with E-state index in [9.17, 15) is 0 Å². The molecule has 1 heteroatoms. The van der Waals surface area contributed by atoms with Gasteiger partial charge < -0.3 is 4.90 Å². The molecule has 0 spiro atoms. The van der Waals surface area contributed by atoms with Crippen molar-refractivity contribution in [2.75, 3.05) is 4.90 Å². The Morgan fingerprint density at radius 3 is 1.36 bits per heavy atom. The summed E-state index contributed by atoms with van der Waals surface area (Å²) in [6, 6.07) is 79.2. The van der Waals surface area contributed by atoms with E-state index in [1.54, 1.807) is 0 Å². The first-order valence-electron chi connectivity index (χ1n) is 20.5. The highest BCUT2D eigenvalue weighted by Gasteiger charge is 2.20. The van der Waals surface area contributed by atoms with Crippen LogP contribution >= 0.6 is 0 Å². The number of hydrogen-bond donors (Lipinski definition) is 0. The summed E-state index contributed by atoms with van der Waals surface area (Å²) < 4.78 is 0. The minimum Gasteiger partial charge on any atom is -0.310 e. The van der Waals surface area contributed by atoms with E-state index in [0.717, 1.165) is 17.1 Å². The summed E-state index contributed by atoms with van der Waals surface area (Å²) in [6.45, 7) is 0. The Morgan fingerprint density at radius 1 is 0.220 bits per heavy atom. The molecule has 0 saturated heterocycles. The fourth-order valence-corrected chi connectivity index (χ4v) is 10.2. The maximum atomic E-state index is 2.46. The monoisotopic (exact) mass is 745 g/mol. The summed E-state index contributed by atoms with van der Waals surface area (Å²) in [4.78, 5) is 2.45. The Morgan fingerprint density at radius 2 is 0.678 bits per heavy atom. The van der Waals surface area contributed by atoms with Gasteiger partial charge in [0.15, 0.2) is 0 Å². The van der Waals surface area contributed by atoms with Gasteiger partial charge in [0.2, 0.25) is 0 Å². The van der Waals surface area contributed by atoms with E-state index in [0.29, 0.717) is 0 Å². The number of fused-ring (bicyclic) bond motifs is 6. The number of rotatable bonds is 4. The van der Waals surface area contributed by atoms with Crippen LogP contribution in [0.1, 0.15) is 0 Å². The fraction of sp³-hybridized carbons (Fsp3) is 0. The molecule has 0 N–H and O–H groups in total. The molecule has 0 aliphatic carbocycles. The van der Waals surface area contributed by atoms with E-state index in [1.165, 1.54) is 108 Å². The number of benzene rings is 12. The van der Waals surface area contributed by atoms with Gasteiger partial charge in [-0.1, -0.05) is 170 Å². The van der Waals surface area contributed by atoms with Crippen LogP contribution in [-0.2, 0) is 0 Å². The first-order valence-corrected chi connectivity index (χ1v) is 20.5. The molecule has 59 heavy (non-hydrogen) atoms. The summed E-state index contributed by atoms with van der Waals surface area (Å²) in [7, 11) is 0. The van der Waals surface area contributed by atoms with Crippen LogP contribution in [0.2, 0.25) is 0 Å². The Kier molecular flexibility index (Phi) is 6.79. The summed E-state index contributed by atoms with van der Waals surface area (Å²) in [6.07, 6.45) is 0. The third-order valence-corrected chi connectivity index (χ3v) is 12.9. The van der Waals surface area contributed by atoms with E-state index in [-0.39, 0.29) is 0 Å². The van der Waals surface area contributed by atoms with Crippen LogP contribution in [0.3, 0.4) is 0 Å². The smallest absolute Gasteiger partial charge is 0.0474 e. The second-order valence-corrected chi connectivity index (χ2v) is 16.0. The lowest BCUT2D eigenvalue weighted by Gasteiger charge is -2.27. The standard InChI is InChI=1S/C58H35N/c1-2-11-41-32-45(31-26-36(41)10-1)59(44-29-27-37(28-30-44)53-34-42-12-3-4-16-47(42)48-17-5-6-18-49(48)53)46-33-43-25-24-40-14-8-20-51-50-19-7-13-38-22-23-39-15-9-21-52(57(39)55(38)50)54(35-46)58(43)56(40)51/h1-35H. The highest BCUT2D eigenvalue weighted by atomic mass is 15.1. The third kappa shape index (κ3) is 4.79. The molecular weight excluding hydrogens is 711 g/mol. The minimum atomic E-state index is 1.11. The highest BCUT2D eigenvalue weighted by molar-refractivity contribution is 6.37. The van der Waals surface area contributed by atoms with Crippen LogP contribution in [0.5, 0.6) is 0 Å².